The Labute approximate surface area is 229 Å². The van der Waals surface area contributed by atoms with Crippen molar-refractivity contribution in [3.8, 4) is 0 Å². The van der Waals surface area contributed by atoms with Gasteiger partial charge in [-0.25, -0.2) is 14.4 Å². The Hall–Kier alpha value is -3.38. The van der Waals surface area contributed by atoms with E-state index in [9.17, 15) is 28.8 Å². The molecule has 2 fully saturated rings. The van der Waals surface area contributed by atoms with E-state index in [2.05, 4.69) is 10.1 Å². The van der Waals surface area contributed by atoms with Gasteiger partial charge in [0, 0.05) is 19.5 Å². The van der Waals surface area contributed by atoms with E-state index < -0.39 is 47.4 Å². The van der Waals surface area contributed by atoms with Gasteiger partial charge in [-0.05, 0) is 67.2 Å². The van der Waals surface area contributed by atoms with Crippen LogP contribution in [0, 0.1) is 0 Å². The fraction of sp³-hybridized carbons (Fsp3) is 0.769. The van der Waals surface area contributed by atoms with Crippen LogP contribution in [-0.2, 0) is 33.4 Å². The zero-order valence-corrected chi connectivity index (χ0v) is 24.0. The first kappa shape index (κ1) is 33.6. The number of aliphatic carboxylic acids is 1. The number of methoxy groups -OCH3 is 1. The van der Waals surface area contributed by atoms with Crippen molar-refractivity contribution in [2.24, 2.45) is 0 Å². The summed E-state index contributed by atoms with van der Waals surface area (Å²) in [5.74, 6) is -2.08. The third-order valence-corrected chi connectivity index (χ3v) is 5.64. The van der Waals surface area contributed by atoms with E-state index in [1.807, 2.05) is 0 Å². The molecular weight excluding hydrogens is 514 g/mol. The molecule has 2 aliphatic rings. The molecule has 0 spiro atoms. The summed E-state index contributed by atoms with van der Waals surface area (Å²) in [5, 5.41) is 11.4. The molecule has 0 radical (unpaired) electrons. The normalized spacial score (nSPS) is 18.9. The highest BCUT2D eigenvalue weighted by atomic mass is 16.6. The number of carboxylic acids is 1. The summed E-state index contributed by atoms with van der Waals surface area (Å²) in [5.41, 5.74) is -1.22. The van der Waals surface area contributed by atoms with Crippen LogP contribution in [0.5, 0.6) is 0 Å². The van der Waals surface area contributed by atoms with Gasteiger partial charge >= 0.3 is 24.1 Å². The third kappa shape index (κ3) is 12.3. The van der Waals surface area contributed by atoms with Crippen LogP contribution in [0.1, 0.15) is 80.1 Å². The number of rotatable bonds is 7. The van der Waals surface area contributed by atoms with E-state index in [0.717, 1.165) is 6.42 Å². The molecule has 13 nitrogen and oxygen atoms in total. The number of ether oxygens (including phenoxy) is 3. The molecule has 2 aliphatic heterocycles. The molecule has 0 bridgehead atoms. The molecule has 222 valence electrons. The van der Waals surface area contributed by atoms with Gasteiger partial charge in [0.1, 0.15) is 23.3 Å². The first-order valence-electron chi connectivity index (χ1n) is 13.0. The number of carbonyl (C=O) groups is 6. The van der Waals surface area contributed by atoms with Gasteiger partial charge in [0.2, 0.25) is 5.91 Å². The van der Waals surface area contributed by atoms with E-state index in [0.29, 0.717) is 32.4 Å². The molecule has 0 saturated carbocycles. The lowest BCUT2D eigenvalue weighted by atomic mass is 10.2. The minimum absolute atomic E-state index is 0.00734. The van der Waals surface area contributed by atoms with E-state index in [1.165, 1.54) is 16.9 Å². The van der Waals surface area contributed by atoms with Gasteiger partial charge in [-0.2, -0.15) is 0 Å². The Kier molecular flexibility index (Phi) is 12.7. The second-order valence-corrected chi connectivity index (χ2v) is 11.3. The van der Waals surface area contributed by atoms with Crippen molar-refractivity contribution < 1.29 is 48.1 Å². The predicted octanol–water partition coefficient (Wildman–Crippen LogP) is 2.49. The van der Waals surface area contributed by atoms with Gasteiger partial charge in [-0.3, -0.25) is 24.2 Å². The van der Waals surface area contributed by atoms with Gasteiger partial charge < -0.3 is 24.6 Å². The number of esters is 1. The monoisotopic (exact) mass is 557 g/mol. The van der Waals surface area contributed by atoms with Crippen molar-refractivity contribution in [3.05, 3.63) is 0 Å². The maximum atomic E-state index is 12.2. The molecule has 0 aromatic carbocycles. The second-order valence-electron chi connectivity index (χ2n) is 11.3. The number of likely N-dealkylation sites (tertiary alicyclic amines) is 2. The molecule has 2 heterocycles. The standard InChI is InChI=1S/C16H26N2O6.C10H17NO4/c1-16(2,3)24-15(22)18-9-5-6-12(18)14(21)17-10-11(19)7-8-13(20)23-4;1-10(2,3)15-9(14)11-6-4-5-7(11)8(12)13/h12H,5-10H2,1-4H3,(H,17,21);7H,4-6H2,1-3H3,(H,12,13)/t12-;7-/m00/s1. The van der Waals surface area contributed by atoms with Crippen LogP contribution < -0.4 is 5.32 Å². The topological polar surface area (TPSA) is 169 Å². The first-order chi connectivity index (χ1) is 17.9. The summed E-state index contributed by atoms with van der Waals surface area (Å²) < 4.78 is 14.9. The summed E-state index contributed by atoms with van der Waals surface area (Å²) >= 11 is 0. The summed E-state index contributed by atoms with van der Waals surface area (Å²) in [6.07, 6.45) is 1.39. The SMILES string of the molecule is CC(C)(C)OC(=O)N1CCC[C@H]1C(=O)O.COC(=O)CCC(=O)CNC(=O)[C@@H]1CCCN1C(=O)OC(C)(C)C. The van der Waals surface area contributed by atoms with Crippen LogP contribution in [0.25, 0.3) is 0 Å². The number of nitrogens with one attached hydrogen (secondary N) is 1. The van der Waals surface area contributed by atoms with Crippen LogP contribution in [0.15, 0.2) is 0 Å². The number of carbonyl (C=O) groups excluding carboxylic acids is 5. The number of hydrogen-bond donors (Lipinski definition) is 2. The highest BCUT2D eigenvalue weighted by Gasteiger charge is 2.37. The number of nitrogens with zero attached hydrogens (tertiary/aromatic N) is 2. The minimum atomic E-state index is -0.960. The molecule has 2 N–H and O–H groups in total. The molecule has 0 aliphatic carbocycles. The summed E-state index contributed by atoms with van der Waals surface area (Å²) in [6, 6.07) is -1.35. The Bertz CT molecular complexity index is 907. The lowest BCUT2D eigenvalue weighted by molar-refractivity contribution is -0.142. The molecule has 0 aromatic heterocycles. The van der Waals surface area contributed by atoms with Crippen molar-refractivity contribution >= 4 is 35.8 Å². The quantitative estimate of drug-likeness (QED) is 0.350. The zero-order chi connectivity index (χ0) is 30.0. The Balaban J connectivity index is 0.000000434. The molecule has 0 aromatic rings. The Morgan fingerprint density at radius 1 is 0.795 bits per heavy atom. The van der Waals surface area contributed by atoms with Gasteiger partial charge in [0.05, 0.1) is 20.1 Å². The predicted molar refractivity (Wildman–Crippen MR) is 139 cm³/mol. The van der Waals surface area contributed by atoms with Crippen molar-refractivity contribution in [2.75, 3.05) is 26.7 Å². The summed E-state index contributed by atoms with van der Waals surface area (Å²) in [4.78, 5) is 72.1. The summed E-state index contributed by atoms with van der Waals surface area (Å²) in [7, 11) is 1.25. The van der Waals surface area contributed by atoms with E-state index in [4.69, 9.17) is 14.6 Å². The highest BCUT2D eigenvalue weighted by molar-refractivity contribution is 5.91. The highest BCUT2D eigenvalue weighted by Crippen LogP contribution is 2.22. The van der Waals surface area contributed by atoms with Crippen LogP contribution in [0.4, 0.5) is 9.59 Å². The molecular formula is C26H43N3O10. The number of hydrogen-bond acceptors (Lipinski definition) is 9. The van der Waals surface area contributed by atoms with Crippen LogP contribution >= 0.6 is 0 Å². The maximum Gasteiger partial charge on any atom is 0.411 e. The largest absolute Gasteiger partial charge is 0.480 e. The number of ketones is 1. The number of carboxylic acid groups (broad SMARTS) is 1. The molecule has 0 unspecified atom stereocenters. The Morgan fingerprint density at radius 2 is 1.26 bits per heavy atom. The van der Waals surface area contributed by atoms with Crippen molar-refractivity contribution in [2.45, 2.75) is 103 Å². The van der Waals surface area contributed by atoms with Gasteiger partial charge in [-0.15, -0.1) is 0 Å². The van der Waals surface area contributed by atoms with Gasteiger partial charge in [0.25, 0.3) is 0 Å². The summed E-state index contributed by atoms with van der Waals surface area (Å²) in [6.45, 7) is 11.3. The smallest absolute Gasteiger partial charge is 0.411 e. The fourth-order valence-electron chi connectivity index (χ4n) is 3.88. The zero-order valence-electron chi connectivity index (χ0n) is 24.0. The molecule has 2 rings (SSSR count). The maximum absolute atomic E-state index is 12.2. The molecule has 2 saturated heterocycles. The number of amides is 3. The van der Waals surface area contributed by atoms with E-state index >= 15 is 0 Å². The van der Waals surface area contributed by atoms with E-state index in [-0.39, 0.29) is 31.1 Å². The van der Waals surface area contributed by atoms with Crippen LogP contribution in [0.3, 0.4) is 0 Å². The molecule has 13 heteroatoms. The van der Waals surface area contributed by atoms with E-state index in [1.54, 1.807) is 41.5 Å². The van der Waals surface area contributed by atoms with Crippen molar-refractivity contribution in [1.29, 1.82) is 0 Å². The minimum Gasteiger partial charge on any atom is -0.480 e. The molecule has 3 amide bonds. The Morgan fingerprint density at radius 3 is 1.69 bits per heavy atom. The van der Waals surface area contributed by atoms with Crippen LogP contribution in [-0.4, -0.2) is 101 Å². The molecule has 39 heavy (non-hydrogen) atoms. The lowest BCUT2D eigenvalue weighted by Gasteiger charge is -2.28. The third-order valence-electron chi connectivity index (χ3n) is 5.64. The average molecular weight is 558 g/mol. The van der Waals surface area contributed by atoms with Crippen molar-refractivity contribution in [1.82, 2.24) is 15.1 Å². The first-order valence-corrected chi connectivity index (χ1v) is 13.0. The lowest BCUT2D eigenvalue weighted by Crippen LogP contribution is -2.48. The van der Waals surface area contributed by atoms with Crippen molar-refractivity contribution in [3.63, 3.8) is 0 Å². The second kappa shape index (κ2) is 14.7. The van der Waals surface area contributed by atoms with Gasteiger partial charge in [-0.1, -0.05) is 0 Å². The molecule has 2 atom stereocenters. The van der Waals surface area contributed by atoms with Gasteiger partial charge in [0.15, 0.2) is 5.78 Å². The number of Topliss-reactive ketones (excluding diaryl/α,β-unsaturated/α-hetero) is 1. The van der Waals surface area contributed by atoms with Crippen LogP contribution in [0.2, 0.25) is 0 Å². The average Bonchev–Trinajstić information content (AvgIpc) is 3.49. The fourth-order valence-corrected chi connectivity index (χ4v) is 3.88.